The van der Waals surface area contributed by atoms with Gasteiger partial charge < -0.3 is 9.15 Å². The molecule has 0 atom stereocenters. The van der Waals surface area contributed by atoms with Crippen LogP contribution in [0.1, 0.15) is 24.0 Å². The number of nitrogens with zero attached hydrogens (tertiary/aromatic N) is 1. The van der Waals surface area contributed by atoms with Crippen molar-refractivity contribution in [3.63, 3.8) is 0 Å². The number of rotatable bonds is 6. The number of benzene rings is 2. The van der Waals surface area contributed by atoms with E-state index in [1.54, 1.807) is 0 Å². The van der Waals surface area contributed by atoms with E-state index in [0.29, 0.717) is 30.1 Å². The molecule has 142 valence electrons. The molecule has 7 heteroatoms. The summed E-state index contributed by atoms with van der Waals surface area (Å²) < 4.78 is 12.0. The number of ether oxygens (including phenoxy) is 1. The van der Waals surface area contributed by atoms with Gasteiger partial charge in [0, 0.05) is 11.6 Å². The van der Waals surface area contributed by atoms with Crippen LogP contribution in [0.25, 0.3) is 10.9 Å². The number of aromatic nitrogens is 1. The molecule has 5 nitrogen and oxygen atoms in total. The monoisotopic (exact) mass is 407 g/mol. The second-order valence-corrected chi connectivity index (χ2v) is 7.21. The summed E-state index contributed by atoms with van der Waals surface area (Å²) in [4.78, 5) is 24.1. The van der Waals surface area contributed by atoms with E-state index >= 15 is 0 Å². The summed E-state index contributed by atoms with van der Waals surface area (Å²) in [6.45, 7) is 4.89. The lowest BCUT2D eigenvalue weighted by Crippen LogP contribution is -2.25. The lowest BCUT2D eigenvalue weighted by molar-refractivity contribution is 0.297. The Morgan fingerprint density at radius 3 is 2.48 bits per heavy atom. The third-order valence-electron chi connectivity index (χ3n) is 4.35. The summed E-state index contributed by atoms with van der Waals surface area (Å²) in [5.74, 6) is 0.163. The molecule has 0 fully saturated rings. The van der Waals surface area contributed by atoms with Crippen molar-refractivity contribution in [2.45, 2.75) is 33.2 Å². The van der Waals surface area contributed by atoms with Crippen molar-refractivity contribution >= 4 is 34.1 Å². The van der Waals surface area contributed by atoms with E-state index in [-0.39, 0.29) is 10.4 Å². The summed E-state index contributed by atoms with van der Waals surface area (Å²) in [5, 5.41) is 0.750. The molecule has 0 bridgehead atoms. The van der Waals surface area contributed by atoms with E-state index in [9.17, 15) is 9.59 Å². The predicted molar refractivity (Wildman–Crippen MR) is 107 cm³/mol. The molecule has 2 aromatic carbocycles. The van der Waals surface area contributed by atoms with Crippen LogP contribution in [0, 0.1) is 13.8 Å². The van der Waals surface area contributed by atoms with Gasteiger partial charge in [-0.1, -0.05) is 41.4 Å². The van der Waals surface area contributed by atoms with Crippen LogP contribution < -0.4 is 16.1 Å². The minimum atomic E-state index is -0.742. The first-order chi connectivity index (χ1) is 12.9. The van der Waals surface area contributed by atoms with E-state index in [4.69, 9.17) is 32.4 Å². The molecule has 0 unspecified atom stereocenters. The quantitative estimate of drug-likeness (QED) is 0.553. The fraction of sp³-hybridized carbons (Fsp3) is 0.300. The fourth-order valence-corrected chi connectivity index (χ4v) is 3.65. The largest absolute Gasteiger partial charge is 0.493 e. The second-order valence-electron chi connectivity index (χ2n) is 6.37. The van der Waals surface area contributed by atoms with Gasteiger partial charge in [0.1, 0.15) is 5.75 Å². The Morgan fingerprint density at radius 2 is 1.78 bits per heavy atom. The predicted octanol–water partition coefficient (Wildman–Crippen LogP) is 4.74. The van der Waals surface area contributed by atoms with Crippen molar-refractivity contribution in [3.05, 3.63) is 72.5 Å². The molecule has 3 aromatic rings. The van der Waals surface area contributed by atoms with E-state index < -0.39 is 11.4 Å². The molecular formula is C20H19Cl2NO4. The molecule has 0 radical (unpaired) electrons. The summed E-state index contributed by atoms with van der Waals surface area (Å²) in [6, 6.07) is 8.97. The molecule has 1 aromatic heterocycles. The highest BCUT2D eigenvalue weighted by Gasteiger charge is 2.14. The lowest BCUT2D eigenvalue weighted by Gasteiger charge is -2.13. The minimum absolute atomic E-state index is 0.193. The van der Waals surface area contributed by atoms with Gasteiger partial charge in [-0.25, -0.2) is 9.59 Å². The number of hydrogen-bond acceptors (Lipinski definition) is 4. The first kappa shape index (κ1) is 19.5. The number of aryl methyl sites for hydroxylation is 3. The Hall–Kier alpha value is -2.24. The number of unbranched alkanes of at least 4 members (excludes halogenated alkanes) is 1. The third-order valence-corrected chi connectivity index (χ3v) is 4.86. The maximum atomic E-state index is 12.1. The first-order valence-corrected chi connectivity index (χ1v) is 9.36. The van der Waals surface area contributed by atoms with Crippen molar-refractivity contribution < 1.29 is 9.15 Å². The van der Waals surface area contributed by atoms with Crippen LogP contribution in [0.5, 0.6) is 5.75 Å². The molecule has 0 aliphatic carbocycles. The maximum absolute atomic E-state index is 12.1. The van der Waals surface area contributed by atoms with Crippen LogP contribution in [0.3, 0.4) is 0 Å². The summed E-state index contributed by atoms with van der Waals surface area (Å²) >= 11 is 12.2. The van der Waals surface area contributed by atoms with E-state index in [0.717, 1.165) is 23.3 Å². The Morgan fingerprint density at radius 1 is 1.07 bits per heavy atom. The highest BCUT2D eigenvalue weighted by atomic mass is 35.5. The van der Waals surface area contributed by atoms with Gasteiger partial charge in [-0.2, -0.15) is 0 Å². The van der Waals surface area contributed by atoms with Crippen molar-refractivity contribution in [1.29, 1.82) is 0 Å². The Balaban J connectivity index is 1.73. The van der Waals surface area contributed by atoms with Gasteiger partial charge in [0.2, 0.25) is 0 Å². The van der Waals surface area contributed by atoms with Crippen molar-refractivity contribution in [1.82, 2.24) is 4.57 Å². The molecular weight excluding hydrogens is 389 g/mol. The topological polar surface area (TPSA) is 61.4 Å². The molecule has 1 heterocycles. The fourth-order valence-electron chi connectivity index (χ4n) is 3.05. The molecule has 3 rings (SSSR count). The summed E-state index contributed by atoms with van der Waals surface area (Å²) in [5.41, 5.74) is 1.78. The SMILES string of the molecule is Cc1cccc(C)c1OCCCCn1c(=O)oc(=O)c2cc(Cl)cc(Cl)c21. The minimum Gasteiger partial charge on any atom is -0.493 e. The number of fused-ring (bicyclic) bond motifs is 1. The molecule has 0 aliphatic heterocycles. The van der Waals surface area contributed by atoms with Gasteiger partial charge in [-0.05, 0) is 49.9 Å². The van der Waals surface area contributed by atoms with E-state index in [2.05, 4.69) is 0 Å². The van der Waals surface area contributed by atoms with Gasteiger partial charge in [-0.3, -0.25) is 4.57 Å². The van der Waals surface area contributed by atoms with Crippen LogP contribution in [-0.2, 0) is 6.54 Å². The third kappa shape index (κ3) is 4.20. The van der Waals surface area contributed by atoms with Gasteiger partial charge in [0.25, 0.3) is 0 Å². The zero-order valence-corrected chi connectivity index (χ0v) is 16.6. The smallest absolute Gasteiger partial charge is 0.422 e. The highest BCUT2D eigenvalue weighted by molar-refractivity contribution is 6.38. The molecule has 0 N–H and O–H groups in total. The molecule has 0 saturated carbocycles. The average Bonchev–Trinajstić information content (AvgIpc) is 2.59. The molecule has 0 aliphatic rings. The summed E-state index contributed by atoms with van der Waals surface area (Å²) in [6.07, 6.45) is 1.39. The number of hydrogen-bond donors (Lipinski definition) is 0. The Bertz CT molecular complexity index is 1080. The normalized spacial score (nSPS) is 11.1. The standard InChI is InChI=1S/C20H19Cl2NO4/c1-12-6-5-7-13(2)18(12)26-9-4-3-8-23-17-15(19(24)27-20(23)25)10-14(21)11-16(17)22/h5-7,10-11H,3-4,8-9H2,1-2H3. The van der Waals surface area contributed by atoms with Crippen LogP contribution in [-0.4, -0.2) is 11.2 Å². The zero-order valence-electron chi connectivity index (χ0n) is 15.1. The average molecular weight is 408 g/mol. The van der Waals surface area contributed by atoms with E-state index in [1.165, 1.54) is 16.7 Å². The van der Waals surface area contributed by atoms with Crippen LogP contribution >= 0.6 is 23.2 Å². The van der Waals surface area contributed by atoms with Crippen LogP contribution in [0.4, 0.5) is 0 Å². The number of halogens is 2. The molecule has 27 heavy (non-hydrogen) atoms. The number of para-hydroxylation sites is 1. The van der Waals surface area contributed by atoms with Crippen LogP contribution in [0.15, 0.2) is 44.3 Å². The van der Waals surface area contributed by atoms with Crippen molar-refractivity contribution in [2.75, 3.05) is 6.61 Å². The van der Waals surface area contributed by atoms with E-state index in [1.807, 2.05) is 32.0 Å². The van der Waals surface area contributed by atoms with Gasteiger partial charge in [-0.15, -0.1) is 0 Å². The first-order valence-electron chi connectivity index (χ1n) is 8.60. The van der Waals surface area contributed by atoms with Gasteiger partial charge >= 0.3 is 11.4 Å². The van der Waals surface area contributed by atoms with Crippen molar-refractivity contribution in [2.24, 2.45) is 0 Å². The Kier molecular flexibility index (Phi) is 5.92. The Labute approximate surface area is 166 Å². The summed E-state index contributed by atoms with van der Waals surface area (Å²) in [7, 11) is 0. The van der Waals surface area contributed by atoms with Crippen molar-refractivity contribution in [3.8, 4) is 5.75 Å². The highest BCUT2D eigenvalue weighted by Crippen LogP contribution is 2.26. The van der Waals surface area contributed by atoms with Gasteiger partial charge in [0.15, 0.2) is 0 Å². The lowest BCUT2D eigenvalue weighted by atomic mass is 10.1. The molecule has 0 saturated heterocycles. The zero-order chi connectivity index (χ0) is 19.6. The van der Waals surface area contributed by atoms with Crippen LogP contribution in [0.2, 0.25) is 10.0 Å². The van der Waals surface area contributed by atoms with Gasteiger partial charge in [0.05, 0.1) is 22.5 Å². The maximum Gasteiger partial charge on any atom is 0.422 e. The molecule has 0 spiro atoms. The second kappa shape index (κ2) is 8.19. The molecule has 0 amide bonds.